The van der Waals surface area contributed by atoms with Gasteiger partial charge in [-0.15, -0.1) is 29.8 Å². The van der Waals surface area contributed by atoms with Crippen LogP contribution in [0.5, 0.6) is 0 Å². The number of para-hydroxylation sites is 1. The predicted molar refractivity (Wildman–Crippen MR) is 195 cm³/mol. The van der Waals surface area contributed by atoms with Crippen molar-refractivity contribution in [2.45, 2.75) is 141 Å². The molecule has 0 aromatic heterocycles. The number of nitro benzene ring substituents is 1. The Morgan fingerprint density at radius 3 is 1.73 bits per heavy atom. The molecule has 288 valence electrons. The van der Waals surface area contributed by atoms with Crippen molar-refractivity contribution in [1.82, 2.24) is 9.80 Å². The molecule has 4 atom stereocenters. The van der Waals surface area contributed by atoms with Gasteiger partial charge in [0.2, 0.25) is 0 Å². The van der Waals surface area contributed by atoms with Gasteiger partial charge in [0.05, 0.1) is 11.4 Å². The van der Waals surface area contributed by atoms with E-state index in [-0.39, 0.29) is 73.5 Å². The predicted octanol–water partition coefficient (Wildman–Crippen LogP) is 7.52. The number of carbonyl (C=O) groups excluding carboxylic acids is 6. The Hall–Kier alpha value is -3.24. The molecule has 2 fully saturated rings. The van der Waals surface area contributed by atoms with Gasteiger partial charge in [-0.3, -0.25) is 4.90 Å². The van der Waals surface area contributed by atoms with E-state index in [1.165, 1.54) is 0 Å². The molecule has 1 aromatic carbocycles. The van der Waals surface area contributed by atoms with Crippen LogP contribution in [0, 0.1) is 10.1 Å². The summed E-state index contributed by atoms with van der Waals surface area (Å²) >= 11 is 9.55. The molecule has 2 amide bonds. The van der Waals surface area contributed by atoms with Crippen LogP contribution in [-0.2, 0) is 28.7 Å². The van der Waals surface area contributed by atoms with Gasteiger partial charge < -0.3 is 4.74 Å². The first kappa shape index (κ1) is 49.9. The first-order valence-corrected chi connectivity index (χ1v) is 19.6. The summed E-state index contributed by atoms with van der Waals surface area (Å²) in [5.74, 6) is 0. The van der Waals surface area contributed by atoms with E-state index in [2.05, 4.69) is 20.4 Å². The van der Waals surface area contributed by atoms with Crippen molar-refractivity contribution in [2.24, 2.45) is 0 Å². The van der Waals surface area contributed by atoms with Gasteiger partial charge in [0.1, 0.15) is 5.60 Å². The third-order valence-corrected chi connectivity index (χ3v) is 9.66. The molecule has 2 unspecified atom stereocenters. The minimum absolute atomic E-state index is 0.0214. The Balaban J connectivity index is 0. The van der Waals surface area contributed by atoms with Crippen LogP contribution in [0.25, 0.3) is 0 Å². The number of alkyl halides is 2. The molecule has 2 saturated heterocycles. The summed E-state index contributed by atoms with van der Waals surface area (Å²) < 4.78 is 11.8. The Morgan fingerprint density at radius 1 is 0.882 bits per heavy atom. The zero-order valence-corrected chi connectivity index (χ0v) is 34.1. The molecule has 13 nitrogen and oxygen atoms in total. The van der Waals surface area contributed by atoms with Crippen molar-refractivity contribution in [3.05, 3.63) is 47.0 Å². The second-order valence-electron chi connectivity index (χ2n) is 13.1. The van der Waals surface area contributed by atoms with E-state index in [4.69, 9.17) is 51.9 Å². The number of benzene rings is 1. The zero-order valence-electron chi connectivity index (χ0n) is 30.9. The zero-order chi connectivity index (χ0) is 39.8. The topological polar surface area (TPSA) is 170 Å². The molecular formula is C35H53Cl2N3O10Se. The molecule has 51 heavy (non-hydrogen) atoms. The summed E-state index contributed by atoms with van der Waals surface area (Å²) in [5, 5.41) is 12.2. The van der Waals surface area contributed by atoms with E-state index in [0.29, 0.717) is 6.04 Å². The number of hydrogen-bond acceptors (Lipinski definition) is 10. The molecule has 0 aliphatic carbocycles. The van der Waals surface area contributed by atoms with Crippen LogP contribution in [-0.4, -0.2) is 94.9 Å². The fourth-order valence-corrected chi connectivity index (χ4v) is 7.69. The van der Waals surface area contributed by atoms with E-state index in [1.54, 1.807) is 12.1 Å². The summed E-state index contributed by atoms with van der Waals surface area (Å²) in [7, 11) is 0. The SMILES string of the molecule is C=CC1CC[C@@H](CC)N1C(=O)OC(C)(C)C.CC[C@@H]1CCC(CC[Se]c2ccccc2[N+](=O)[O-])N1C(=O)OC(C)(C)C.ClCCl.O=C=O.O=C=O. The normalized spacial score (nSPS) is 19.0. The number of halogens is 2. The third kappa shape index (κ3) is 20.4. The van der Waals surface area contributed by atoms with E-state index in [1.807, 2.05) is 69.6 Å². The Morgan fingerprint density at radius 2 is 1.29 bits per heavy atom. The molecule has 2 aliphatic rings. The van der Waals surface area contributed by atoms with E-state index in [9.17, 15) is 19.7 Å². The van der Waals surface area contributed by atoms with E-state index >= 15 is 0 Å². The number of nitro groups is 1. The number of nitrogens with zero attached hydrogens (tertiary/aromatic N) is 3. The summed E-state index contributed by atoms with van der Waals surface area (Å²) in [6.07, 6.45) is 8.69. The minimum atomic E-state index is -0.503. The Bertz CT molecular complexity index is 1270. The molecule has 0 radical (unpaired) electrons. The van der Waals surface area contributed by atoms with Crippen LogP contribution in [0.4, 0.5) is 15.3 Å². The largest absolute Gasteiger partial charge is 0.373 e. The Kier molecular flexibility index (Phi) is 25.9. The number of rotatable bonds is 8. The number of likely N-dealkylation sites (tertiary alicyclic amines) is 2. The van der Waals surface area contributed by atoms with Crippen molar-refractivity contribution < 1.29 is 43.2 Å². The average molecular weight is 826 g/mol. The molecule has 0 saturated carbocycles. The summed E-state index contributed by atoms with van der Waals surface area (Å²) in [6, 6.07) is 7.79. The van der Waals surface area contributed by atoms with Crippen molar-refractivity contribution in [1.29, 1.82) is 0 Å². The number of carbonyl (C=O) groups is 2. The second kappa shape index (κ2) is 26.5. The summed E-state index contributed by atoms with van der Waals surface area (Å²) in [6.45, 7) is 19.3. The van der Waals surface area contributed by atoms with Crippen LogP contribution in [0.15, 0.2) is 36.9 Å². The van der Waals surface area contributed by atoms with Gasteiger partial charge in [-0.1, -0.05) is 13.0 Å². The number of ether oxygens (including phenoxy) is 2. The van der Waals surface area contributed by atoms with Gasteiger partial charge in [0, 0.05) is 6.04 Å². The monoisotopic (exact) mass is 825 g/mol. The van der Waals surface area contributed by atoms with Crippen molar-refractivity contribution in [2.75, 3.05) is 5.34 Å². The third-order valence-electron chi connectivity index (χ3n) is 7.36. The van der Waals surface area contributed by atoms with Crippen molar-refractivity contribution in [3.63, 3.8) is 0 Å². The quantitative estimate of drug-likeness (QED) is 0.0840. The molecule has 3 rings (SSSR count). The van der Waals surface area contributed by atoms with Gasteiger partial charge in [0.25, 0.3) is 0 Å². The summed E-state index contributed by atoms with van der Waals surface area (Å²) in [5.41, 5.74) is -0.727. The second-order valence-corrected chi connectivity index (χ2v) is 16.3. The smallest absolute Gasteiger partial charge is 0.186 e. The maximum atomic E-state index is 12.6. The van der Waals surface area contributed by atoms with Gasteiger partial charge in [-0.2, -0.15) is 19.2 Å². The number of hydrogen-bond donors (Lipinski definition) is 0. The first-order chi connectivity index (χ1) is 23.9. The van der Waals surface area contributed by atoms with Gasteiger partial charge in [-0.05, 0) is 40.0 Å². The molecule has 16 heteroatoms. The van der Waals surface area contributed by atoms with E-state index in [0.717, 1.165) is 54.7 Å². The molecule has 0 N–H and O–H groups in total. The molecular weight excluding hydrogens is 772 g/mol. The van der Waals surface area contributed by atoms with Crippen LogP contribution in [0.1, 0.15) is 100 Å². The van der Waals surface area contributed by atoms with Gasteiger partial charge in [-0.25, -0.2) is 4.79 Å². The van der Waals surface area contributed by atoms with Crippen LogP contribution in [0.3, 0.4) is 0 Å². The maximum Gasteiger partial charge on any atom is 0.373 e. The number of amides is 2. The van der Waals surface area contributed by atoms with Crippen LogP contribution < -0.4 is 4.46 Å². The fraction of sp³-hybridized carbons (Fsp3) is 0.657. The van der Waals surface area contributed by atoms with Crippen LogP contribution >= 0.6 is 23.2 Å². The Labute approximate surface area is 318 Å². The molecule has 0 spiro atoms. The van der Waals surface area contributed by atoms with Crippen molar-refractivity contribution >= 4 is 72.8 Å². The van der Waals surface area contributed by atoms with Gasteiger partial charge in [0.15, 0.2) is 0 Å². The average Bonchev–Trinajstić information content (AvgIpc) is 3.65. The standard InChI is InChI=1S/C19H28N2O4Se.C13H23NO2.CH2Cl2.2CO2/c1-5-14-10-11-15(20(14)18(22)25-19(2,3)4)12-13-26-17-9-7-6-8-16(17)21(23)24;1-6-10-8-9-11(7-2)14(10)12(15)16-13(3,4)5;3*2-1-3/h6-9,14-15H,5,10-13H2,1-4H3;6,10-11H,1,7-9H2,2-5H3;1H2;;/t14-,15?;10?,11-;;;/m11.../s1. The molecule has 1 aromatic rings. The van der Waals surface area contributed by atoms with E-state index < -0.39 is 11.2 Å². The molecule has 0 bridgehead atoms. The van der Waals surface area contributed by atoms with Gasteiger partial charge >= 0.3 is 180 Å². The maximum absolute atomic E-state index is 12.6. The van der Waals surface area contributed by atoms with Crippen molar-refractivity contribution in [3.8, 4) is 0 Å². The molecule has 2 aliphatic heterocycles. The summed E-state index contributed by atoms with van der Waals surface area (Å²) in [4.78, 5) is 71.8. The van der Waals surface area contributed by atoms with Crippen LogP contribution in [0.2, 0.25) is 5.32 Å². The minimum Gasteiger partial charge on any atom is -0.186 e. The first-order valence-electron chi connectivity index (χ1n) is 16.5. The fourth-order valence-electron chi connectivity index (χ4n) is 5.44. The molecule has 2 heterocycles.